The molecule has 1 fully saturated rings. The van der Waals surface area contributed by atoms with Crippen LogP contribution in [0.4, 0.5) is 5.82 Å². The molecule has 4 N–H and O–H groups in total. The standard InChI is InChI=1S/C23H27N5O5/c1-31-10-4-5-20(29)27-9-8-16(14-27)28-22(24)21(23(25)30)19(26-28)7-6-15-11-17(32-2)13-18(12-15)33-3/h4-5,11-13,16H,8-10,14,24H2,1-3H3,(H2,25,30)/b5-4+/t16-/m0/s1. The van der Waals surface area contributed by atoms with Crippen LogP contribution in [0.15, 0.2) is 30.4 Å². The highest BCUT2D eigenvalue weighted by atomic mass is 16.5. The van der Waals surface area contributed by atoms with Crippen molar-refractivity contribution in [3.63, 3.8) is 0 Å². The number of nitrogens with two attached hydrogens (primary N) is 2. The molecule has 1 aromatic heterocycles. The Kier molecular flexibility index (Phi) is 7.58. The summed E-state index contributed by atoms with van der Waals surface area (Å²) in [6.07, 6.45) is 3.77. The number of nitrogen functional groups attached to an aromatic ring is 1. The minimum absolute atomic E-state index is 0.0575. The number of methoxy groups -OCH3 is 3. The molecule has 0 bridgehead atoms. The first-order valence-corrected chi connectivity index (χ1v) is 10.2. The first-order chi connectivity index (χ1) is 15.9. The highest BCUT2D eigenvalue weighted by Crippen LogP contribution is 2.27. The first-order valence-electron chi connectivity index (χ1n) is 10.2. The molecule has 1 atom stereocenters. The summed E-state index contributed by atoms with van der Waals surface area (Å²) in [7, 11) is 4.65. The largest absolute Gasteiger partial charge is 0.497 e. The van der Waals surface area contributed by atoms with Gasteiger partial charge >= 0.3 is 0 Å². The fourth-order valence-electron chi connectivity index (χ4n) is 3.56. The molecule has 10 heteroatoms. The van der Waals surface area contributed by atoms with Gasteiger partial charge in [0.05, 0.1) is 26.9 Å². The Hall–Kier alpha value is -3.97. The van der Waals surface area contributed by atoms with E-state index in [1.807, 2.05) is 0 Å². The van der Waals surface area contributed by atoms with Gasteiger partial charge in [-0.2, -0.15) is 5.10 Å². The third kappa shape index (κ3) is 5.45. The monoisotopic (exact) mass is 453 g/mol. The maximum absolute atomic E-state index is 12.3. The summed E-state index contributed by atoms with van der Waals surface area (Å²) in [5.41, 5.74) is 12.6. The minimum atomic E-state index is -0.722. The number of rotatable bonds is 7. The number of hydrogen-bond acceptors (Lipinski definition) is 7. The van der Waals surface area contributed by atoms with Gasteiger partial charge in [0.1, 0.15) is 22.9 Å². The Balaban J connectivity index is 1.88. The van der Waals surface area contributed by atoms with Crippen LogP contribution in [0.3, 0.4) is 0 Å². The summed E-state index contributed by atoms with van der Waals surface area (Å²) in [4.78, 5) is 26.1. The highest BCUT2D eigenvalue weighted by Gasteiger charge is 2.30. The van der Waals surface area contributed by atoms with E-state index < -0.39 is 5.91 Å². The average molecular weight is 453 g/mol. The van der Waals surface area contributed by atoms with Crippen molar-refractivity contribution in [2.24, 2.45) is 5.73 Å². The molecule has 0 spiro atoms. The van der Waals surface area contributed by atoms with Crippen LogP contribution in [-0.2, 0) is 9.53 Å². The Morgan fingerprint density at radius 2 is 1.88 bits per heavy atom. The molecule has 174 valence electrons. The molecule has 33 heavy (non-hydrogen) atoms. The molecular weight excluding hydrogens is 426 g/mol. The average Bonchev–Trinajstić information content (AvgIpc) is 3.42. The second-order valence-corrected chi connectivity index (χ2v) is 7.35. The minimum Gasteiger partial charge on any atom is -0.497 e. The predicted octanol–water partition coefficient (Wildman–Crippen LogP) is 0.957. The number of carbonyl (C=O) groups excluding carboxylic acids is 2. The number of nitrogens with zero attached hydrogens (tertiary/aromatic N) is 3. The summed E-state index contributed by atoms with van der Waals surface area (Å²) in [5.74, 6) is 6.28. The van der Waals surface area contributed by atoms with Crippen LogP contribution < -0.4 is 20.9 Å². The SMILES string of the molecule is COC/C=C/C(=O)N1CC[C@H](n2nc(C#Cc3cc(OC)cc(OC)c3)c(C(N)=O)c2N)C1. The number of aromatic nitrogens is 2. The Morgan fingerprint density at radius 3 is 2.48 bits per heavy atom. The second-order valence-electron chi connectivity index (χ2n) is 7.35. The van der Waals surface area contributed by atoms with Crippen LogP contribution in [0.25, 0.3) is 0 Å². The van der Waals surface area contributed by atoms with Gasteiger partial charge < -0.3 is 30.6 Å². The van der Waals surface area contributed by atoms with Crippen molar-refractivity contribution in [2.75, 3.05) is 46.8 Å². The molecule has 2 aromatic rings. The predicted molar refractivity (Wildman–Crippen MR) is 122 cm³/mol. The molecular formula is C23H27N5O5. The van der Waals surface area contributed by atoms with Gasteiger partial charge in [0.15, 0.2) is 5.69 Å². The lowest BCUT2D eigenvalue weighted by atomic mass is 10.1. The van der Waals surface area contributed by atoms with E-state index in [0.29, 0.717) is 43.2 Å². The lowest BCUT2D eigenvalue weighted by Gasteiger charge is -2.15. The summed E-state index contributed by atoms with van der Waals surface area (Å²) in [5, 5.41) is 4.46. The van der Waals surface area contributed by atoms with Crippen LogP contribution in [-0.4, -0.2) is 67.5 Å². The van der Waals surface area contributed by atoms with E-state index >= 15 is 0 Å². The maximum Gasteiger partial charge on any atom is 0.255 e. The third-order valence-electron chi connectivity index (χ3n) is 5.21. The third-order valence-corrected chi connectivity index (χ3v) is 5.21. The fraction of sp³-hybridized carbons (Fsp3) is 0.348. The van der Waals surface area contributed by atoms with Crippen molar-refractivity contribution in [2.45, 2.75) is 12.5 Å². The zero-order valence-corrected chi connectivity index (χ0v) is 18.8. The van der Waals surface area contributed by atoms with E-state index in [0.717, 1.165) is 0 Å². The number of amides is 2. The van der Waals surface area contributed by atoms with E-state index in [4.69, 9.17) is 25.7 Å². The van der Waals surface area contributed by atoms with Crippen molar-refractivity contribution in [3.05, 3.63) is 47.2 Å². The van der Waals surface area contributed by atoms with E-state index in [1.54, 1.807) is 50.5 Å². The van der Waals surface area contributed by atoms with Gasteiger partial charge in [-0.25, -0.2) is 4.68 Å². The molecule has 10 nitrogen and oxygen atoms in total. The van der Waals surface area contributed by atoms with Crippen LogP contribution in [0.2, 0.25) is 0 Å². The first kappa shape index (κ1) is 23.7. The summed E-state index contributed by atoms with van der Waals surface area (Å²) in [6.45, 7) is 1.30. The van der Waals surface area contributed by atoms with Crippen molar-refractivity contribution < 1.29 is 23.8 Å². The molecule has 1 aromatic carbocycles. The van der Waals surface area contributed by atoms with Gasteiger partial charge in [-0.15, -0.1) is 0 Å². The van der Waals surface area contributed by atoms with E-state index in [2.05, 4.69) is 16.9 Å². The molecule has 1 aliphatic heterocycles. The lowest BCUT2D eigenvalue weighted by Crippen LogP contribution is -2.28. The van der Waals surface area contributed by atoms with Gasteiger partial charge in [-0.1, -0.05) is 12.0 Å². The molecule has 1 saturated heterocycles. The topological polar surface area (TPSA) is 135 Å². The van der Waals surface area contributed by atoms with Crippen molar-refractivity contribution in [1.29, 1.82) is 0 Å². The van der Waals surface area contributed by atoms with Crippen molar-refractivity contribution in [1.82, 2.24) is 14.7 Å². The quantitative estimate of drug-likeness (QED) is 0.471. The van der Waals surface area contributed by atoms with Crippen LogP contribution in [0.1, 0.15) is 34.1 Å². The highest BCUT2D eigenvalue weighted by molar-refractivity contribution is 5.99. The van der Waals surface area contributed by atoms with Gasteiger partial charge in [0.2, 0.25) is 5.91 Å². The number of ether oxygens (including phenoxy) is 3. The number of hydrogen-bond donors (Lipinski definition) is 2. The van der Waals surface area contributed by atoms with E-state index in [9.17, 15) is 9.59 Å². The summed E-state index contributed by atoms with van der Waals surface area (Å²) < 4.78 is 17.0. The van der Waals surface area contributed by atoms with Gasteiger partial charge in [-0.3, -0.25) is 9.59 Å². The van der Waals surface area contributed by atoms with Gasteiger partial charge in [0, 0.05) is 37.9 Å². The molecule has 2 amide bonds. The maximum atomic E-state index is 12.3. The van der Waals surface area contributed by atoms with Gasteiger partial charge in [-0.05, 0) is 24.5 Å². The molecule has 0 radical (unpaired) electrons. The van der Waals surface area contributed by atoms with E-state index in [-0.39, 0.29) is 29.0 Å². The number of anilines is 1. The number of benzene rings is 1. The molecule has 3 rings (SSSR count). The second kappa shape index (κ2) is 10.6. The molecule has 2 heterocycles. The number of carbonyl (C=O) groups is 2. The summed E-state index contributed by atoms with van der Waals surface area (Å²) >= 11 is 0. The van der Waals surface area contributed by atoms with Crippen LogP contribution >= 0.6 is 0 Å². The molecule has 0 unspecified atom stereocenters. The summed E-state index contributed by atoms with van der Waals surface area (Å²) in [6, 6.07) is 4.99. The van der Waals surface area contributed by atoms with Crippen LogP contribution in [0, 0.1) is 11.8 Å². The van der Waals surface area contributed by atoms with Crippen molar-refractivity contribution in [3.8, 4) is 23.3 Å². The van der Waals surface area contributed by atoms with Crippen molar-refractivity contribution >= 4 is 17.6 Å². The zero-order valence-electron chi connectivity index (χ0n) is 18.8. The normalized spacial score (nSPS) is 15.4. The lowest BCUT2D eigenvalue weighted by molar-refractivity contribution is -0.125. The van der Waals surface area contributed by atoms with Gasteiger partial charge in [0.25, 0.3) is 5.91 Å². The number of likely N-dealkylation sites (tertiary alicyclic amines) is 1. The van der Waals surface area contributed by atoms with Crippen LogP contribution in [0.5, 0.6) is 11.5 Å². The Morgan fingerprint density at radius 1 is 1.18 bits per heavy atom. The zero-order chi connectivity index (χ0) is 24.0. The number of primary amides is 1. The smallest absolute Gasteiger partial charge is 0.255 e. The Labute approximate surface area is 192 Å². The fourth-order valence-corrected chi connectivity index (χ4v) is 3.56. The molecule has 0 saturated carbocycles. The Bertz CT molecular complexity index is 1110. The molecule has 0 aliphatic carbocycles. The molecule has 1 aliphatic rings. The van der Waals surface area contributed by atoms with E-state index in [1.165, 1.54) is 10.8 Å².